The van der Waals surface area contributed by atoms with E-state index in [1.165, 1.54) is 5.56 Å². The Kier molecular flexibility index (Phi) is 4.78. The van der Waals surface area contributed by atoms with Crippen molar-refractivity contribution in [1.82, 2.24) is 4.57 Å². The van der Waals surface area contributed by atoms with Crippen LogP contribution in [0.2, 0.25) is 0 Å². The highest BCUT2D eigenvalue weighted by atomic mass is 16.5. The summed E-state index contributed by atoms with van der Waals surface area (Å²) in [5, 5.41) is 4.11. The molecular weight excluding hydrogens is 366 g/mol. The van der Waals surface area contributed by atoms with Crippen molar-refractivity contribution in [2.24, 2.45) is 0 Å². The van der Waals surface area contributed by atoms with Gasteiger partial charge in [-0.3, -0.25) is 9.59 Å². The third-order valence-electron chi connectivity index (χ3n) is 5.62. The summed E-state index contributed by atoms with van der Waals surface area (Å²) in [6.07, 6.45) is 0.956. The molecule has 0 saturated carbocycles. The van der Waals surface area contributed by atoms with E-state index in [4.69, 9.17) is 4.74 Å². The minimum atomic E-state index is -0.163. The van der Waals surface area contributed by atoms with E-state index in [0.717, 1.165) is 22.9 Å². The summed E-state index contributed by atoms with van der Waals surface area (Å²) in [7, 11) is 1.71. The van der Waals surface area contributed by atoms with Gasteiger partial charge in [0.25, 0.3) is 11.8 Å². The lowest BCUT2D eigenvalue weighted by molar-refractivity contribution is -0.120. The van der Waals surface area contributed by atoms with Gasteiger partial charge in [-0.05, 0) is 61.7 Å². The molecule has 3 aromatic rings. The number of ether oxygens (including phenoxy) is 1. The molecule has 0 spiro atoms. The molecule has 0 fully saturated rings. The number of benzene rings is 2. The van der Waals surface area contributed by atoms with Gasteiger partial charge < -0.3 is 19.5 Å². The van der Waals surface area contributed by atoms with E-state index in [9.17, 15) is 9.59 Å². The van der Waals surface area contributed by atoms with Gasteiger partial charge >= 0.3 is 0 Å². The van der Waals surface area contributed by atoms with E-state index in [0.29, 0.717) is 29.4 Å². The number of hydrogen-bond acceptors (Lipinski definition) is 3. The lowest BCUT2D eigenvalue weighted by atomic mass is 10.1. The van der Waals surface area contributed by atoms with Crippen LogP contribution >= 0.6 is 0 Å². The Labute approximate surface area is 170 Å². The van der Waals surface area contributed by atoms with E-state index in [-0.39, 0.29) is 18.4 Å². The molecule has 2 amide bonds. The number of amides is 2. The van der Waals surface area contributed by atoms with Gasteiger partial charge in [-0.2, -0.15) is 0 Å². The SMILES string of the molecule is CCc1ccc2c(c1)c(C)c(C(=O)Nc1ccc3c(c1)N(C)C(=O)CO3)n2CC. The zero-order valence-electron chi connectivity index (χ0n) is 17.2. The number of rotatable bonds is 4. The second kappa shape index (κ2) is 7.28. The maximum atomic E-state index is 13.2. The number of nitrogens with one attached hydrogen (secondary N) is 1. The normalized spacial score (nSPS) is 13.4. The van der Waals surface area contributed by atoms with Gasteiger partial charge in [-0.1, -0.05) is 13.0 Å². The summed E-state index contributed by atoms with van der Waals surface area (Å²) in [5.41, 5.74) is 5.23. The molecular formula is C23H25N3O3. The fourth-order valence-electron chi connectivity index (χ4n) is 3.95. The van der Waals surface area contributed by atoms with Gasteiger partial charge in [0.2, 0.25) is 0 Å². The molecule has 0 saturated heterocycles. The Balaban J connectivity index is 1.71. The van der Waals surface area contributed by atoms with E-state index in [1.54, 1.807) is 30.1 Å². The molecule has 2 heterocycles. The Morgan fingerprint density at radius 1 is 1.17 bits per heavy atom. The molecule has 6 heteroatoms. The van der Waals surface area contributed by atoms with Crippen molar-refractivity contribution in [3.05, 3.63) is 53.2 Å². The summed E-state index contributed by atoms with van der Waals surface area (Å²) < 4.78 is 7.51. The first kappa shape index (κ1) is 19.1. The zero-order chi connectivity index (χ0) is 20.7. The second-order valence-corrected chi connectivity index (χ2v) is 7.30. The van der Waals surface area contributed by atoms with Crippen molar-refractivity contribution in [2.75, 3.05) is 23.9 Å². The summed E-state index contributed by atoms with van der Waals surface area (Å²) in [4.78, 5) is 26.7. The monoisotopic (exact) mass is 391 g/mol. The lowest BCUT2D eigenvalue weighted by Gasteiger charge is -2.26. The average Bonchev–Trinajstić information content (AvgIpc) is 3.02. The van der Waals surface area contributed by atoms with Gasteiger partial charge in [0.15, 0.2) is 6.61 Å². The van der Waals surface area contributed by atoms with Crippen LogP contribution in [0.5, 0.6) is 5.75 Å². The summed E-state index contributed by atoms with van der Waals surface area (Å²) in [5.74, 6) is 0.356. The highest BCUT2D eigenvalue weighted by Crippen LogP contribution is 2.34. The topological polar surface area (TPSA) is 63.6 Å². The molecule has 1 aromatic heterocycles. The van der Waals surface area contributed by atoms with Gasteiger partial charge in [-0.15, -0.1) is 0 Å². The van der Waals surface area contributed by atoms with Gasteiger partial charge in [0.05, 0.1) is 5.69 Å². The molecule has 0 unspecified atom stereocenters. The van der Waals surface area contributed by atoms with Crippen LogP contribution in [-0.4, -0.2) is 30.0 Å². The Morgan fingerprint density at radius 2 is 1.97 bits per heavy atom. The molecule has 0 radical (unpaired) electrons. The second-order valence-electron chi connectivity index (χ2n) is 7.30. The van der Waals surface area contributed by atoms with Crippen molar-refractivity contribution in [2.45, 2.75) is 33.7 Å². The van der Waals surface area contributed by atoms with Crippen LogP contribution < -0.4 is 15.0 Å². The predicted molar refractivity (Wildman–Crippen MR) is 115 cm³/mol. The molecule has 1 aliphatic rings. The number of likely N-dealkylation sites (N-methyl/N-ethyl adjacent to an activating group) is 1. The maximum absolute atomic E-state index is 13.2. The van der Waals surface area contributed by atoms with E-state index in [1.807, 2.05) is 13.8 Å². The van der Waals surface area contributed by atoms with E-state index < -0.39 is 0 Å². The predicted octanol–water partition coefficient (Wildman–Crippen LogP) is 4.14. The van der Waals surface area contributed by atoms with E-state index in [2.05, 4.69) is 35.0 Å². The van der Waals surface area contributed by atoms with Crippen molar-refractivity contribution in [3.8, 4) is 5.75 Å². The summed E-state index contributed by atoms with van der Waals surface area (Å²) in [6, 6.07) is 11.7. The van der Waals surface area contributed by atoms with Gasteiger partial charge in [0, 0.05) is 30.2 Å². The highest BCUT2D eigenvalue weighted by Gasteiger charge is 2.24. The standard InChI is InChI=1S/C23H25N3O3/c1-5-15-7-9-18-17(11-15)14(3)22(26(18)6-2)23(28)24-16-8-10-20-19(12-16)25(4)21(27)13-29-20/h7-12H,5-6,13H2,1-4H3,(H,24,28). The number of fused-ring (bicyclic) bond motifs is 2. The van der Waals surface area contributed by atoms with Crippen LogP contribution in [0, 0.1) is 6.92 Å². The van der Waals surface area contributed by atoms with Crippen LogP contribution in [0.3, 0.4) is 0 Å². The van der Waals surface area contributed by atoms with Crippen LogP contribution in [0.4, 0.5) is 11.4 Å². The zero-order valence-corrected chi connectivity index (χ0v) is 17.2. The van der Waals surface area contributed by atoms with Gasteiger partial charge in [-0.25, -0.2) is 0 Å². The number of anilines is 2. The fraction of sp³-hybridized carbons (Fsp3) is 0.304. The van der Waals surface area contributed by atoms with Gasteiger partial charge in [0.1, 0.15) is 11.4 Å². The number of hydrogen-bond donors (Lipinski definition) is 1. The number of aryl methyl sites for hydroxylation is 3. The largest absolute Gasteiger partial charge is 0.482 e. The van der Waals surface area contributed by atoms with Crippen molar-refractivity contribution >= 4 is 34.1 Å². The molecule has 1 aliphatic heterocycles. The lowest BCUT2D eigenvalue weighted by Crippen LogP contribution is -2.35. The minimum Gasteiger partial charge on any atom is -0.482 e. The Bertz CT molecular complexity index is 1130. The third-order valence-corrected chi connectivity index (χ3v) is 5.62. The molecule has 29 heavy (non-hydrogen) atoms. The number of carbonyl (C=O) groups excluding carboxylic acids is 2. The first-order valence-corrected chi connectivity index (χ1v) is 9.91. The van der Waals surface area contributed by atoms with Crippen molar-refractivity contribution in [3.63, 3.8) is 0 Å². The summed E-state index contributed by atoms with van der Waals surface area (Å²) in [6.45, 7) is 6.90. The molecule has 150 valence electrons. The molecule has 0 aliphatic carbocycles. The molecule has 0 bridgehead atoms. The summed E-state index contributed by atoms with van der Waals surface area (Å²) >= 11 is 0. The first-order valence-electron chi connectivity index (χ1n) is 9.91. The van der Waals surface area contributed by atoms with Crippen molar-refractivity contribution in [1.29, 1.82) is 0 Å². The maximum Gasteiger partial charge on any atom is 0.272 e. The Morgan fingerprint density at radius 3 is 2.69 bits per heavy atom. The Hall–Kier alpha value is -3.28. The third kappa shape index (κ3) is 3.14. The average molecular weight is 391 g/mol. The van der Waals surface area contributed by atoms with E-state index >= 15 is 0 Å². The molecule has 1 N–H and O–H groups in total. The molecule has 0 atom stereocenters. The smallest absolute Gasteiger partial charge is 0.272 e. The number of nitrogens with zero attached hydrogens (tertiary/aromatic N) is 2. The fourth-order valence-corrected chi connectivity index (χ4v) is 3.95. The highest BCUT2D eigenvalue weighted by molar-refractivity contribution is 6.09. The van der Waals surface area contributed by atoms with Crippen molar-refractivity contribution < 1.29 is 14.3 Å². The van der Waals surface area contributed by atoms with Crippen LogP contribution in [0.1, 0.15) is 35.5 Å². The molecule has 2 aromatic carbocycles. The van der Waals surface area contributed by atoms with Crippen LogP contribution in [0.15, 0.2) is 36.4 Å². The molecule has 4 rings (SSSR count). The van der Waals surface area contributed by atoms with Crippen LogP contribution in [-0.2, 0) is 17.8 Å². The first-order chi connectivity index (χ1) is 13.9. The number of carbonyl (C=O) groups is 2. The quantitative estimate of drug-likeness (QED) is 0.727. The van der Waals surface area contributed by atoms with Crippen LogP contribution in [0.25, 0.3) is 10.9 Å². The molecule has 6 nitrogen and oxygen atoms in total. The minimum absolute atomic E-state index is 0.0325. The number of aromatic nitrogens is 1.